The molecule has 2 heterocycles. The minimum atomic E-state index is -4.40. The zero-order valence-corrected chi connectivity index (χ0v) is 20.1. The molecule has 0 aliphatic carbocycles. The number of aromatic nitrogens is 2. The van der Waals surface area contributed by atoms with Crippen molar-refractivity contribution in [1.29, 1.82) is 0 Å². The fourth-order valence-electron chi connectivity index (χ4n) is 3.86. The van der Waals surface area contributed by atoms with Gasteiger partial charge >= 0.3 is 12.1 Å². The lowest BCUT2D eigenvalue weighted by atomic mass is 10.1. The number of pyridine rings is 1. The number of nitrogens with zero attached hydrogens (tertiary/aromatic N) is 2. The van der Waals surface area contributed by atoms with Gasteiger partial charge in [-0.1, -0.05) is 26.3 Å². The van der Waals surface area contributed by atoms with Gasteiger partial charge in [-0.2, -0.15) is 13.2 Å². The summed E-state index contributed by atoms with van der Waals surface area (Å²) in [7, 11) is 0. The number of carbonyl (C=O) groups is 1. The monoisotopic (exact) mass is 488 g/mol. The number of hydrogen-bond donors (Lipinski definition) is 0. The number of aryl methyl sites for hydroxylation is 1. The third-order valence-electron chi connectivity index (χ3n) is 5.62. The van der Waals surface area contributed by atoms with E-state index < -0.39 is 31.1 Å². The minimum absolute atomic E-state index is 0.135. The molecule has 0 bridgehead atoms. The second-order valence-electron chi connectivity index (χ2n) is 8.73. The Hall–Kier alpha value is -3.29. The summed E-state index contributed by atoms with van der Waals surface area (Å²) in [6.45, 7) is 7.22. The van der Waals surface area contributed by atoms with Crippen LogP contribution >= 0.6 is 0 Å². The predicted octanol–water partition coefficient (Wildman–Crippen LogP) is 6.96. The maximum Gasteiger partial charge on any atom is 0.389 e. The molecule has 2 aromatic heterocycles. The lowest BCUT2D eigenvalue weighted by Crippen LogP contribution is -2.26. The summed E-state index contributed by atoms with van der Waals surface area (Å²) in [6, 6.07) is 11.5. The zero-order chi connectivity index (χ0) is 25.4. The van der Waals surface area contributed by atoms with E-state index in [9.17, 15) is 18.0 Å². The van der Waals surface area contributed by atoms with E-state index in [1.54, 1.807) is 12.3 Å². The number of unbranched alkanes of at least 4 members (excludes halogenated alkanes) is 2. The molecule has 0 amide bonds. The Labute approximate surface area is 203 Å². The van der Waals surface area contributed by atoms with Crippen LogP contribution in [0.15, 0.2) is 60.9 Å². The Morgan fingerprint density at radius 3 is 2.63 bits per heavy atom. The highest BCUT2D eigenvalue weighted by atomic mass is 19.4. The molecule has 3 rings (SSSR count). The van der Waals surface area contributed by atoms with E-state index in [1.807, 2.05) is 30.5 Å². The maximum atomic E-state index is 13.1. The van der Waals surface area contributed by atoms with Gasteiger partial charge in [-0.05, 0) is 43.7 Å². The first-order chi connectivity index (χ1) is 16.7. The van der Waals surface area contributed by atoms with Gasteiger partial charge < -0.3 is 14.0 Å². The lowest BCUT2D eigenvalue weighted by Gasteiger charge is -2.19. The van der Waals surface area contributed by atoms with Gasteiger partial charge in [-0.3, -0.25) is 4.98 Å². The molecule has 5 nitrogen and oxygen atoms in total. The van der Waals surface area contributed by atoms with Crippen LogP contribution in [-0.4, -0.2) is 34.9 Å². The number of benzene rings is 1. The normalized spacial score (nSPS) is 12.5. The topological polar surface area (TPSA) is 53.4 Å². The van der Waals surface area contributed by atoms with E-state index in [1.165, 1.54) is 6.92 Å². The second kappa shape index (κ2) is 11.9. The first-order valence-electron chi connectivity index (χ1n) is 11.7. The molecule has 0 N–H and O–H groups in total. The molecule has 0 aliphatic heterocycles. The van der Waals surface area contributed by atoms with Crippen LogP contribution in [0.25, 0.3) is 22.2 Å². The van der Waals surface area contributed by atoms with Gasteiger partial charge in [0.15, 0.2) is 0 Å². The van der Waals surface area contributed by atoms with Gasteiger partial charge in [0.05, 0.1) is 30.8 Å². The Morgan fingerprint density at radius 2 is 1.97 bits per heavy atom. The predicted molar refractivity (Wildman–Crippen MR) is 130 cm³/mol. The van der Waals surface area contributed by atoms with Crippen molar-refractivity contribution < 1.29 is 27.4 Å². The molecule has 0 fully saturated rings. The van der Waals surface area contributed by atoms with Crippen molar-refractivity contribution in [2.75, 3.05) is 13.2 Å². The van der Waals surface area contributed by atoms with Gasteiger partial charge in [-0.25, -0.2) is 4.79 Å². The number of carbonyl (C=O) groups excluding carboxylic acids is 1. The van der Waals surface area contributed by atoms with Crippen molar-refractivity contribution in [1.82, 2.24) is 9.55 Å². The highest BCUT2D eigenvalue weighted by Crippen LogP contribution is 2.32. The van der Waals surface area contributed by atoms with Crippen LogP contribution in [0.1, 0.15) is 39.5 Å². The Balaban J connectivity index is 1.83. The summed E-state index contributed by atoms with van der Waals surface area (Å²) < 4.78 is 52.1. The molecule has 8 heteroatoms. The van der Waals surface area contributed by atoms with Crippen LogP contribution in [-0.2, 0) is 16.1 Å². The molecule has 1 aromatic carbocycles. The van der Waals surface area contributed by atoms with Gasteiger partial charge in [0.25, 0.3) is 0 Å². The first kappa shape index (κ1) is 26.3. The van der Waals surface area contributed by atoms with Gasteiger partial charge in [0, 0.05) is 47.4 Å². The molecule has 0 saturated carbocycles. The standard InChI is InChI=1S/C27H31F3N2O3/c1-4-5-6-12-32-24(22-8-7-11-31-16-22)13-21-9-10-23(14-25(21)32)34-17-20(15-27(28,29)30)18-35-26(33)19(2)3/h7-11,13-14,16,20H,2,4-6,12,15,17-18H2,1,3H3. The average molecular weight is 489 g/mol. The van der Waals surface area contributed by atoms with Crippen molar-refractivity contribution >= 4 is 16.9 Å². The number of ether oxygens (including phenoxy) is 2. The van der Waals surface area contributed by atoms with Crippen molar-refractivity contribution in [3.05, 3.63) is 60.9 Å². The third kappa shape index (κ3) is 7.60. The largest absolute Gasteiger partial charge is 0.493 e. The summed E-state index contributed by atoms with van der Waals surface area (Å²) in [5.41, 5.74) is 3.10. The third-order valence-corrected chi connectivity index (χ3v) is 5.62. The Kier molecular flexibility index (Phi) is 8.95. The van der Waals surface area contributed by atoms with E-state index in [0.717, 1.165) is 48.0 Å². The molecule has 0 radical (unpaired) electrons. The van der Waals surface area contributed by atoms with E-state index in [4.69, 9.17) is 9.47 Å². The van der Waals surface area contributed by atoms with E-state index >= 15 is 0 Å². The zero-order valence-electron chi connectivity index (χ0n) is 20.1. The number of esters is 1. The number of hydrogen-bond acceptors (Lipinski definition) is 4. The fourth-order valence-corrected chi connectivity index (χ4v) is 3.86. The van der Waals surface area contributed by atoms with Crippen molar-refractivity contribution in [2.24, 2.45) is 5.92 Å². The van der Waals surface area contributed by atoms with Gasteiger partial charge in [0.1, 0.15) is 5.75 Å². The molecule has 1 atom stereocenters. The van der Waals surface area contributed by atoms with Crippen LogP contribution < -0.4 is 4.74 Å². The summed E-state index contributed by atoms with van der Waals surface area (Å²) >= 11 is 0. The van der Waals surface area contributed by atoms with E-state index in [-0.39, 0.29) is 12.2 Å². The molecule has 0 spiro atoms. The summed E-state index contributed by atoms with van der Waals surface area (Å²) in [5, 5.41) is 1.01. The number of fused-ring (bicyclic) bond motifs is 1. The number of alkyl halides is 3. The van der Waals surface area contributed by atoms with Crippen LogP contribution in [0, 0.1) is 5.92 Å². The molecular formula is C27H31F3N2O3. The fraction of sp³-hybridized carbons (Fsp3) is 0.407. The van der Waals surface area contributed by atoms with Crippen LogP contribution in [0.4, 0.5) is 13.2 Å². The van der Waals surface area contributed by atoms with Crippen molar-refractivity contribution in [3.63, 3.8) is 0 Å². The molecule has 3 aromatic rings. The first-order valence-corrected chi connectivity index (χ1v) is 11.7. The average Bonchev–Trinajstić information content (AvgIpc) is 3.18. The quantitative estimate of drug-likeness (QED) is 0.157. The number of halogens is 3. The molecule has 0 aliphatic rings. The SMILES string of the molecule is C=C(C)C(=O)OCC(COc1ccc2cc(-c3cccnc3)n(CCCCC)c2c1)CC(F)(F)F. The summed E-state index contributed by atoms with van der Waals surface area (Å²) in [6.07, 6.45) is 1.20. The highest BCUT2D eigenvalue weighted by molar-refractivity contribution is 5.88. The maximum absolute atomic E-state index is 13.1. The molecule has 1 unspecified atom stereocenters. The smallest absolute Gasteiger partial charge is 0.389 e. The Morgan fingerprint density at radius 1 is 1.17 bits per heavy atom. The van der Waals surface area contributed by atoms with Crippen molar-refractivity contribution in [2.45, 2.75) is 52.3 Å². The van der Waals surface area contributed by atoms with Gasteiger partial charge in [0.2, 0.25) is 0 Å². The van der Waals surface area contributed by atoms with Crippen molar-refractivity contribution in [3.8, 4) is 17.0 Å². The summed E-state index contributed by atoms with van der Waals surface area (Å²) in [5.74, 6) is -1.29. The van der Waals surface area contributed by atoms with E-state index in [0.29, 0.717) is 5.75 Å². The van der Waals surface area contributed by atoms with Crippen LogP contribution in [0.3, 0.4) is 0 Å². The van der Waals surface area contributed by atoms with Crippen LogP contribution in [0.5, 0.6) is 5.75 Å². The Bertz CT molecular complexity index is 1140. The van der Waals surface area contributed by atoms with E-state index in [2.05, 4.69) is 29.1 Å². The second-order valence-corrected chi connectivity index (χ2v) is 8.73. The van der Waals surface area contributed by atoms with Gasteiger partial charge in [-0.15, -0.1) is 0 Å². The lowest BCUT2D eigenvalue weighted by molar-refractivity contribution is -0.158. The highest BCUT2D eigenvalue weighted by Gasteiger charge is 2.33. The summed E-state index contributed by atoms with van der Waals surface area (Å²) in [4.78, 5) is 15.9. The number of rotatable bonds is 12. The molecule has 188 valence electrons. The minimum Gasteiger partial charge on any atom is -0.493 e. The molecule has 35 heavy (non-hydrogen) atoms. The molecule has 0 saturated heterocycles. The molecular weight excluding hydrogens is 457 g/mol. The van der Waals surface area contributed by atoms with Crippen LogP contribution in [0.2, 0.25) is 0 Å².